The van der Waals surface area contributed by atoms with Crippen molar-refractivity contribution in [3.05, 3.63) is 70.5 Å². The molecule has 0 spiro atoms. The van der Waals surface area contributed by atoms with E-state index in [1.54, 1.807) is 30.3 Å². The van der Waals surface area contributed by atoms with Crippen molar-refractivity contribution >= 4 is 29.4 Å². The third-order valence-electron chi connectivity index (χ3n) is 3.67. The SMILES string of the molecule is O=C(CC1CC1)O/C(=C/c1ccc(Cl)cc1)c1ccc(F)cc1. The number of halogens is 2. The number of carbonyl (C=O) groups is 1. The Morgan fingerprint density at radius 1 is 1.13 bits per heavy atom. The number of ether oxygens (including phenoxy) is 1. The van der Waals surface area contributed by atoms with Crippen LogP contribution in [0.2, 0.25) is 5.02 Å². The molecule has 1 aliphatic rings. The summed E-state index contributed by atoms with van der Waals surface area (Å²) in [5, 5.41) is 0.635. The van der Waals surface area contributed by atoms with Crippen LogP contribution in [0.4, 0.5) is 4.39 Å². The van der Waals surface area contributed by atoms with Crippen molar-refractivity contribution in [1.82, 2.24) is 0 Å². The zero-order chi connectivity index (χ0) is 16.2. The lowest BCUT2D eigenvalue weighted by Crippen LogP contribution is -2.05. The summed E-state index contributed by atoms with van der Waals surface area (Å²) in [4.78, 5) is 12.0. The molecule has 1 fully saturated rings. The van der Waals surface area contributed by atoms with Crippen LogP contribution >= 0.6 is 11.6 Å². The van der Waals surface area contributed by atoms with E-state index in [0.29, 0.717) is 28.7 Å². The molecule has 0 bridgehead atoms. The van der Waals surface area contributed by atoms with Crippen molar-refractivity contribution in [2.24, 2.45) is 5.92 Å². The zero-order valence-corrected chi connectivity index (χ0v) is 13.2. The Balaban J connectivity index is 1.86. The van der Waals surface area contributed by atoms with Gasteiger partial charge in [-0.3, -0.25) is 4.79 Å². The van der Waals surface area contributed by atoms with Gasteiger partial charge in [-0.1, -0.05) is 23.7 Å². The van der Waals surface area contributed by atoms with E-state index in [1.165, 1.54) is 12.1 Å². The van der Waals surface area contributed by atoms with Crippen LogP contribution in [0.5, 0.6) is 0 Å². The minimum Gasteiger partial charge on any atom is -0.426 e. The van der Waals surface area contributed by atoms with Gasteiger partial charge in [0, 0.05) is 17.0 Å². The topological polar surface area (TPSA) is 26.3 Å². The van der Waals surface area contributed by atoms with Gasteiger partial charge in [0.2, 0.25) is 0 Å². The first-order valence-electron chi connectivity index (χ1n) is 7.54. The summed E-state index contributed by atoms with van der Waals surface area (Å²) in [6.45, 7) is 0. The Morgan fingerprint density at radius 3 is 2.39 bits per heavy atom. The van der Waals surface area contributed by atoms with Crippen LogP contribution in [0.3, 0.4) is 0 Å². The van der Waals surface area contributed by atoms with Gasteiger partial charge in [-0.15, -0.1) is 0 Å². The second-order valence-corrected chi connectivity index (χ2v) is 6.13. The van der Waals surface area contributed by atoms with Gasteiger partial charge in [0.05, 0.1) is 0 Å². The van der Waals surface area contributed by atoms with E-state index in [2.05, 4.69) is 0 Å². The molecular weight excluding hydrogens is 315 g/mol. The Labute approximate surface area is 139 Å². The first-order valence-corrected chi connectivity index (χ1v) is 7.92. The van der Waals surface area contributed by atoms with Gasteiger partial charge >= 0.3 is 5.97 Å². The Morgan fingerprint density at radius 2 is 1.78 bits per heavy atom. The third kappa shape index (κ3) is 4.67. The molecule has 0 atom stereocenters. The van der Waals surface area contributed by atoms with E-state index in [4.69, 9.17) is 16.3 Å². The number of esters is 1. The highest BCUT2D eigenvalue weighted by Crippen LogP contribution is 2.33. The molecule has 118 valence electrons. The number of rotatable bonds is 5. The van der Waals surface area contributed by atoms with Crippen molar-refractivity contribution in [2.75, 3.05) is 0 Å². The first-order chi connectivity index (χ1) is 11.1. The van der Waals surface area contributed by atoms with Gasteiger partial charge in [0.25, 0.3) is 0 Å². The van der Waals surface area contributed by atoms with Gasteiger partial charge < -0.3 is 4.74 Å². The van der Waals surface area contributed by atoms with E-state index >= 15 is 0 Å². The minimum atomic E-state index is -0.330. The summed E-state index contributed by atoms with van der Waals surface area (Å²) < 4.78 is 18.7. The smallest absolute Gasteiger partial charge is 0.311 e. The van der Waals surface area contributed by atoms with Crippen LogP contribution in [0, 0.1) is 11.7 Å². The van der Waals surface area contributed by atoms with Crippen LogP contribution in [0.15, 0.2) is 48.5 Å². The fourth-order valence-electron chi connectivity index (χ4n) is 2.22. The molecule has 0 N–H and O–H groups in total. The van der Waals surface area contributed by atoms with Crippen molar-refractivity contribution in [3.63, 3.8) is 0 Å². The van der Waals surface area contributed by atoms with E-state index in [1.807, 2.05) is 12.1 Å². The van der Waals surface area contributed by atoms with Crippen molar-refractivity contribution < 1.29 is 13.9 Å². The normalized spacial score (nSPS) is 14.6. The monoisotopic (exact) mass is 330 g/mol. The van der Waals surface area contributed by atoms with Crippen molar-refractivity contribution in [3.8, 4) is 0 Å². The summed E-state index contributed by atoms with van der Waals surface area (Å²) in [7, 11) is 0. The lowest BCUT2D eigenvalue weighted by Gasteiger charge is -2.09. The fourth-order valence-corrected chi connectivity index (χ4v) is 2.34. The van der Waals surface area contributed by atoms with E-state index in [9.17, 15) is 9.18 Å². The molecule has 2 aromatic rings. The zero-order valence-electron chi connectivity index (χ0n) is 12.5. The van der Waals surface area contributed by atoms with Crippen LogP contribution < -0.4 is 0 Å². The summed E-state index contributed by atoms with van der Waals surface area (Å²) in [5.74, 6) is 0.284. The molecule has 0 aliphatic heterocycles. The number of hydrogen-bond acceptors (Lipinski definition) is 2. The highest BCUT2D eigenvalue weighted by atomic mass is 35.5. The van der Waals surface area contributed by atoms with E-state index < -0.39 is 0 Å². The summed E-state index contributed by atoms with van der Waals surface area (Å²) in [6.07, 6.45) is 4.36. The molecule has 2 aromatic carbocycles. The Bertz CT molecular complexity index is 716. The molecule has 0 aromatic heterocycles. The molecule has 1 aliphatic carbocycles. The second kappa shape index (κ2) is 6.97. The largest absolute Gasteiger partial charge is 0.426 e. The average molecular weight is 331 g/mol. The van der Waals surface area contributed by atoms with Gasteiger partial charge in [-0.05, 0) is 66.8 Å². The van der Waals surface area contributed by atoms with Crippen LogP contribution in [-0.4, -0.2) is 5.97 Å². The number of benzene rings is 2. The molecular formula is C19H16ClFO2. The quantitative estimate of drug-likeness (QED) is 0.421. The number of hydrogen-bond donors (Lipinski definition) is 0. The third-order valence-corrected chi connectivity index (χ3v) is 3.92. The summed E-state index contributed by atoms with van der Waals surface area (Å²) >= 11 is 5.88. The first kappa shape index (κ1) is 15.8. The second-order valence-electron chi connectivity index (χ2n) is 5.69. The maximum atomic E-state index is 13.1. The molecule has 4 heteroatoms. The lowest BCUT2D eigenvalue weighted by atomic mass is 10.1. The van der Waals surface area contributed by atoms with Crippen molar-refractivity contribution in [1.29, 1.82) is 0 Å². The van der Waals surface area contributed by atoms with Gasteiger partial charge in [0.15, 0.2) is 0 Å². The molecule has 0 radical (unpaired) electrons. The van der Waals surface area contributed by atoms with Crippen LogP contribution in [0.25, 0.3) is 11.8 Å². The summed E-state index contributed by atoms with van der Waals surface area (Å²) in [6, 6.07) is 13.1. The predicted octanol–water partition coefficient (Wildman–Crippen LogP) is 5.32. The maximum absolute atomic E-state index is 13.1. The molecule has 3 rings (SSSR count). The van der Waals surface area contributed by atoms with Crippen molar-refractivity contribution in [2.45, 2.75) is 19.3 Å². The lowest BCUT2D eigenvalue weighted by molar-refractivity contribution is -0.137. The molecule has 2 nitrogen and oxygen atoms in total. The van der Waals surface area contributed by atoms with E-state index in [-0.39, 0.29) is 11.8 Å². The molecule has 0 amide bonds. The Kier molecular flexibility index (Phi) is 4.77. The molecule has 0 unspecified atom stereocenters. The standard InChI is InChI=1S/C19H16ClFO2/c20-16-7-3-13(4-8-16)11-18(15-5-9-17(21)10-6-15)23-19(22)12-14-1-2-14/h3-11,14H,1-2,12H2/b18-11+. The number of carbonyl (C=O) groups excluding carboxylic acids is 1. The minimum absolute atomic E-state index is 0.253. The Hall–Kier alpha value is -2.13. The molecule has 23 heavy (non-hydrogen) atoms. The fraction of sp³-hybridized carbons (Fsp3) is 0.211. The molecule has 0 heterocycles. The molecule has 1 saturated carbocycles. The highest BCUT2D eigenvalue weighted by Gasteiger charge is 2.25. The maximum Gasteiger partial charge on any atom is 0.311 e. The highest BCUT2D eigenvalue weighted by molar-refractivity contribution is 6.30. The molecule has 0 saturated heterocycles. The van der Waals surface area contributed by atoms with Crippen LogP contribution in [0.1, 0.15) is 30.4 Å². The van der Waals surface area contributed by atoms with Gasteiger partial charge in [0.1, 0.15) is 11.6 Å². The van der Waals surface area contributed by atoms with Crippen LogP contribution in [-0.2, 0) is 9.53 Å². The predicted molar refractivity (Wildman–Crippen MR) is 89.2 cm³/mol. The van der Waals surface area contributed by atoms with Gasteiger partial charge in [-0.25, -0.2) is 4.39 Å². The van der Waals surface area contributed by atoms with Gasteiger partial charge in [-0.2, -0.15) is 0 Å². The summed E-state index contributed by atoms with van der Waals surface area (Å²) in [5.41, 5.74) is 1.51. The average Bonchev–Trinajstić information content (AvgIpc) is 3.33. The van der Waals surface area contributed by atoms with E-state index in [0.717, 1.165) is 18.4 Å².